The minimum absolute atomic E-state index is 0.163. The molecule has 1 aliphatic rings. The van der Waals surface area contributed by atoms with Crippen LogP contribution in [0.3, 0.4) is 0 Å². The third kappa shape index (κ3) is 3.61. The van der Waals surface area contributed by atoms with Crippen molar-refractivity contribution in [3.63, 3.8) is 0 Å². The smallest absolute Gasteiger partial charge is 0.294 e. The van der Waals surface area contributed by atoms with Crippen LogP contribution in [0.4, 0.5) is 13.2 Å². The highest BCUT2D eigenvalue weighted by atomic mass is 35.5. The second-order valence-electron chi connectivity index (χ2n) is 4.39. The minimum Gasteiger partial charge on any atom is -0.294 e. The largest absolute Gasteiger partial charge is 0.401 e. The summed E-state index contributed by atoms with van der Waals surface area (Å²) in [6, 6.07) is 7.37. The first-order chi connectivity index (χ1) is 7.94. The van der Waals surface area contributed by atoms with E-state index in [1.165, 1.54) is 4.90 Å². The molecule has 0 bridgehead atoms. The van der Waals surface area contributed by atoms with Gasteiger partial charge in [0.05, 0.1) is 6.54 Å². The van der Waals surface area contributed by atoms with Gasteiger partial charge >= 0.3 is 6.18 Å². The van der Waals surface area contributed by atoms with E-state index in [0.29, 0.717) is 18.1 Å². The standard InChI is InChI=1S/C12H13ClF3N/c13-11-3-1-2-9(6-11)10-4-5-17(7-10)8-12(14,15)16/h1-3,6,10H,4-5,7-8H2/t10-/m0/s1. The summed E-state index contributed by atoms with van der Waals surface area (Å²) < 4.78 is 36.7. The normalized spacial score (nSPS) is 22.0. The zero-order chi connectivity index (χ0) is 12.5. The molecule has 1 nitrogen and oxygen atoms in total. The molecule has 1 aromatic rings. The van der Waals surface area contributed by atoms with Crippen molar-refractivity contribution in [1.82, 2.24) is 4.90 Å². The quantitative estimate of drug-likeness (QED) is 0.787. The zero-order valence-electron chi connectivity index (χ0n) is 9.17. The molecule has 0 radical (unpaired) electrons. The topological polar surface area (TPSA) is 3.24 Å². The maximum absolute atomic E-state index is 12.2. The summed E-state index contributed by atoms with van der Waals surface area (Å²) in [7, 11) is 0. The molecule has 94 valence electrons. The van der Waals surface area contributed by atoms with Gasteiger partial charge in [0.1, 0.15) is 0 Å². The van der Waals surface area contributed by atoms with Crippen LogP contribution in [0.1, 0.15) is 17.9 Å². The van der Waals surface area contributed by atoms with Gasteiger partial charge in [-0.25, -0.2) is 0 Å². The minimum atomic E-state index is -4.11. The molecule has 2 rings (SSSR count). The summed E-state index contributed by atoms with van der Waals surface area (Å²) in [5.74, 6) is 0.163. The van der Waals surface area contributed by atoms with Crippen molar-refractivity contribution in [3.8, 4) is 0 Å². The summed E-state index contributed by atoms with van der Waals surface area (Å²) in [6.07, 6.45) is -3.35. The number of alkyl halides is 3. The molecule has 1 saturated heterocycles. The molecule has 1 atom stereocenters. The number of likely N-dealkylation sites (tertiary alicyclic amines) is 1. The van der Waals surface area contributed by atoms with Gasteiger partial charge in [-0.3, -0.25) is 4.90 Å². The van der Waals surface area contributed by atoms with Gasteiger partial charge in [-0.05, 0) is 36.6 Å². The molecule has 0 spiro atoms. The Kier molecular flexibility index (Phi) is 3.64. The number of hydrogen-bond donors (Lipinski definition) is 0. The van der Waals surface area contributed by atoms with E-state index in [1.54, 1.807) is 6.07 Å². The molecular weight excluding hydrogens is 251 g/mol. The highest BCUT2D eigenvalue weighted by Crippen LogP contribution is 2.30. The highest BCUT2D eigenvalue weighted by Gasteiger charge is 2.34. The van der Waals surface area contributed by atoms with Crippen LogP contribution >= 0.6 is 11.6 Å². The Morgan fingerprint density at radius 3 is 2.76 bits per heavy atom. The summed E-state index contributed by atoms with van der Waals surface area (Å²) in [6.45, 7) is 0.139. The molecule has 0 saturated carbocycles. The zero-order valence-corrected chi connectivity index (χ0v) is 9.93. The Morgan fingerprint density at radius 1 is 1.35 bits per heavy atom. The Bertz CT molecular complexity index is 392. The first-order valence-corrected chi connectivity index (χ1v) is 5.86. The second kappa shape index (κ2) is 4.86. The van der Waals surface area contributed by atoms with E-state index in [4.69, 9.17) is 11.6 Å². The number of hydrogen-bond acceptors (Lipinski definition) is 1. The fraction of sp³-hybridized carbons (Fsp3) is 0.500. The molecule has 0 aromatic heterocycles. The van der Waals surface area contributed by atoms with Crippen molar-refractivity contribution in [2.45, 2.75) is 18.5 Å². The van der Waals surface area contributed by atoms with Crippen molar-refractivity contribution < 1.29 is 13.2 Å². The molecule has 17 heavy (non-hydrogen) atoms. The fourth-order valence-electron chi connectivity index (χ4n) is 2.26. The number of halogens is 4. The van der Waals surface area contributed by atoms with Crippen LogP contribution in [0, 0.1) is 0 Å². The number of rotatable bonds is 2. The Hall–Kier alpha value is -0.740. The molecule has 1 heterocycles. The van der Waals surface area contributed by atoms with E-state index >= 15 is 0 Å². The molecular formula is C12H13ClF3N. The van der Waals surface area contributed by atoms with Gasteiger partial charge in [0.2, 0.25) is 0 Å². The van der Waals surface area contributed by atoms with Crippen molar-refractivity contribution in [2.24, 2.45) is 0 Å². The van der Waals surface area contributed by atoms with Crippen LogP contribution < -0.4 is 0 Å². The predicted octanol–water partition coefficient (Wildman–Crippen LogP) is 3.69. The summed E-state index contributed by atoms with van der Waals surface area (Å²) >= 11 is 5.87. The Morgan fingerprint density at radius 2 is 2.12 bits per heavy atom. The maximum Gasteiger partial charge on any atom is 0.401 e. The summed E-state index contributed by atoms with van der Waals surface area (Å²) in [4.78, 5) is 1.45. The van der Waals surface area contributed by atoms with Crippen LogP contribution in [-0.4, -0.2) is 30.7 Å². The van der Waals surface area contributed by atoms with Gasteiger partial charge in [0.15, 0.2) is 0 Å². The van der Waals surface area contributed by atoms with Crippen LogP contribution in [-0.2, 0) is 0 Å². The van der Waals surface area contributed by atoms with Gasteiger partial charge in [0, 0.05) is 11.6 Å². The van der Waals surface area contributed by atoms with Crippen LogP contribution in [0.5, 0.6) is 0 Å². The molecule has 1 aromatic carbocycles. The van der Waals surface area contributed by atoms with Crippen molar-refractivity contribution >= 4 is 11.6 Å². The van der Waals surface area contributed by atoms with E-state index in [0.717, 1.165) is 12.0 Å². The monoisotopic (exact) mass is 263 g/mol. The van der Waals surface area contributed by atoms with Gasteiger partial charge in [-0.1, -0.05) is 23.7 Å². The summed E-state index contributed by atoms with van der Waals surface area (Å²) in [5, 5.41) is 0.636. The van der Waals surface area contributed by atoms with Crippen molar-refractivity contribution in [3.05, 3.63) is 34.9 Å². The van der Waals surface area contributed by atoms with E-state index in [2.05, 4.69) is 0 Å². The molecule has 0 amide bonds. The average Bonchev–Trinajstić information content (AvgIpc) is 2.63. The third-order valence-electron chi connectivity index (χ3n) is 3.00. The molecule has 5 heteroatoms. The van der Waals surface area contributed by atoms with Gasteiger partial charge in [-0.2, -0.15) is 13.2 Å². The Labute approximate surface area is 103 Å². The van der Waals surface area contributed by atoms with Crippen LogP contribution in [0.15, 0.2) is 24.3 Å². The summed E-state index contributed by atoms with van der Waals surface area (Å²) in [5.41, 5.74) is 1.03. The SMILES string of the molecule is FC(F)(F)CN1CC[C@H](c2cccc(Cl)c2)C1. The third-order valence-corrected chi connectivity index (χ3v) is 3.23. The lowest BCUT2D eigenvalue weighted by atomic mass is 9.99. The van der Waals surface area contributed by atoms with Gasteiger partial charge < -0.3 is 0 Å². The van der Waals surface area contributed by atoms with Crippen molar-refractivity contribution in [1.29, 1.82) is 0 Å². The molecule has 0 unspecified atom stereocenters. The number of benzene rings is 1. The van der Waals surface area contributed by atoms with Crippen molar-refractivity contribution in [2.75, 3.05) is 19.6 Å². The fourth-order valence-corrected chi connectivity index (χ4v) is 2.46. The molecule has 1 aliphatic heterocycles. The Balaban J connectivity index is 1.98. The molecule has 0 N–H and O–H groups in total. The molecule has 0 aliphatic carbocycles. The lowest BCUT2D eigenvalue weighted by Crippen LogP contribution is -2.32. The highest BCUT2D eigenvalue weighted by molar-refractivity contribution is 6.30. The first-order valence-electron chi connectivity index (χ1n) is 5.48. The van der Waals surface area contributed by atoms with Crippen LogP contribution in [0.25, 0.3) is 0 Å². The van der Waals surface area contributed by atoms with E-state index in [9.17, 15) is 13.2 Å². The average molecular weight is 264 g/mol. The molecule has 1 fully saturated rings. The van der Waals surface area contributed by atoms with E-state index in [-0.39, 0.29) is 5.92 Å². The van der Waals surface area contributed by atoms with E-state index in [1.807, 2.05) is 18.2 Å². The van der Waals surface area contributed by atoms with Gasteiger partial charge in [0.25, 0.3) is 0 Å². The lowest BCUT2D eigenvalue weighted by molar-refractivity contribution is -0.143. The van der Waals surface area contributed by atoms with E-state index < -0.39 is 12.7 Å². The maximum atomic E-state index is 12.2. The number of nitrogens with zero attached hydrogens (tertiary/aromatic N) is 1. The lowest BCUT2D eigenvalue weighted by Gasteiger charge is -2.18. The second-order valence-corrected chi connectivity index (χ2v) is 4.83. The van der Waals surface area contributed by atoms with Gasteiger partial charge in [-0.15, -0.1) is 0 Å². The first kappa shape index (κ1) is 12.7. The van der Waals surface area contributed by atoms with Crippen LogP contribution in [0.2, 0.25) is 5.02 Å². The predicted molar refractivity (Wildman–Crippen MR) is 61.3 cm³/mol.